The summed E-state index contributed by atoms with van der Waals surface area (Å²) in [5.41, 5.74) is 1.79. The summed E-state index contributed by atoms with van der Waals surface area (Å²) in [7, 11) is 1.57. The highest BCUT2D eigenvalue weighted by Crippen LogP contribution is 2.18. The molecule has 2 saturated heterocycles. The highest BCUT2D eigenvalue weighted by Gasteiger charge is 2.35. The summed E-state index contributed by atoms with van der Waals surface area (Å²) >= 11 is 0. The summed E-state index contributed by atoms with van der Waals surface area (Å²) < 4.78 is 5.12. The van der Waals surface area contributed by atoms with E-state index in [9.17, 15) is 14.4 Å². The average molecular weight is 466 g/mol. The Balaban J connectivity index is 1.31. The molecule has 9 heteroatoms. The molecule has 2 fully saturated rings. The zero-order valence-corrected chi connectivity index (χ0v) is 19.4. The van der Waals surface area contributed by atoms with E-state index in [2.05, 4.69) is 32.6 Å². The molecule has 2 aromatic carbocycles. The first-order valence-electron chi connectivity index (χ1n) is 11.6. The fourth-order valence-corrected chi connectivity index (χ4v) is 4.36. The lowest BCUT2D eigenvalue weighted by Gasteiger charge is -2.39. The second kappa shape index (κ2) is 11.0. The van der Waals surface area contributed by atoms with Crippen molar-refractivity contribution in [2.24, 2.45) is 0 Å². The van der Waals surface area contributed by atoms with Gasteiger partial charge in [0.15, 0.2) is 0 Å². The van der Waals surface area contributed by atoms with Crippen molar-refractivity contribution in [1.82, 2.24) is 15.1 Å². The number of piperazine rings is 2. The van der Waals surface area contributed by atoms with Gasteiger partial charge in [-0.3, -0.25) is 19.3 Å². The van der Waals surface area contributed by atoms with E-state index in [0.29, 0.717) is 24.5 Å². The minimum Gasteiger partial charge on any atom is -0.497 e. The van der Waals surface area contributed by atoms with Gasteiger partial charge in [-0.1, -0.05) is 18.2 Å². The summed E-state index contributed by atoms with van der Waals surface area (Å²) in [4.78, 5) is 44.3. The molecule has 0 radical (unpaired) electrons. The first-order chi connectivity index (χ1) is 16.5. The fourth-order valence-electron chi connectivity index (χ4n) is 4.36. The molecule has 2 aliphatic rings. The Hall–Kier alpha value is -3.59. The zero-order valence-electron chi connectivity index (χ0n) is 19.4. The van der Waals surface area contributed by atoms with Crippen LogP contribution in [-0.4, -0.2) is 86.5 Å². The van der Waals surface area contributed by atoms with Gasteiger partial charge in [0.1, 0.15) is 11.8 Å². The summed E-state index contributed by atoms with van der Waals surface area (Å²) in [5, 5.41) is 5.57. The van der Waals surface area contributed by atoms with Crippen LogP contribution in [0.1, 0.15) is 6.42 Å². The van der Waals surface area contributed by atoms with E-state index in [-0.39, 0.29) is 30.7 Å². The van der Waals surface area contributed by atoms with E-state index >= 15 is 0 Å². The maximum absolute atomic E-state index is 13.1. The summed E-state index contributed by atoms with van der Waals surface area (Å²) in [6.07, 6.45) is -0.0919. The smallest absolute Gasteiger partial charge is 0.243 e. The van der Waals surface area contributed by atoms with Crippen LogP contribution in [0.3, 0.4) is 0 Å². The normalized spacial score (nSPS) is 18.9. The van der Waals surface area contributed by atoms with Gasteiger partial charge in [0.25, 0.3) is 0 Å². The molecule has 2 aromatic rings. The van der Waals surface area contributed by atoms with Gasteiger partial charge in [-0.05, 0) is 36.4 Å². The predicted molar refractivity (Wildman–Crippen MR) is 130 cm³/mol. The quantitative estimate of drug-likeness (QED) is 0.638. The van der Waals surface area contributed by atoms with Gasteiger partial charge in [0.05, 0.1) is 20.1 Å². The standard InChI is InChI=1S/C25H31N5O4/c1-34-21-9-7-19(8-10-21)27-23(31)17-22-25(33)26-11-12-30(22)24(32)18-28-13-15-29(16-14-28)20-5-3-2-4-6-20/h2-10,22H,11-18H2,1H3,(H,26,33)(H,27,31). The number of ether oxygens (including phenoxy) is 1. The first-order valence-corrected chi connectivity index (χ1v) is 11.6. The number of nitrogens with one attached hydrogen (secondary N) is 2. The Morgan fingerprint density at radius 2 is 1.71 bits per heavy atom. The number of carbonyl (C=O) groups excluding carboxylic acids is 3. The Bertz CT molecular complexity index is 990. The SMILES string of the molecule is COc1ccc(NC(=O)CC2C(=O)NCCN2C(=O)CN2CCN(c3ccccc3)CC2)cc1. The van der Waals surface area contributed by atoms with Crippen LogP contribution in [0.15, 0.2) is 54.6 Å². The average Bonchev–Trinajstić information content (AvgIpc) is 2.86. The molecule has 34 heavy (non-hydrogen) atoms. The molecule has 4 rings (SSSR count). The second-order valence-corrected chi connectivity index (χ2v) is 8.47. The highest BCUT2D eigenvalue weighted by atomic mass is 16.5. The molecule has 0 saturated carbocycles. The van der Waals surface area contributed by atoms with Crippen molar-refractivity contribution in [3.8, 4) is 5.75 Å². The minimum absolute atomic E-state index is 0.0919. The maximum Gasteiger partial charge on any atom is 0.243 e. The van der Waals surface area contributed by atoms with Crippen molar-refractivity contribution in [3.05, 3.63) is 54.6 Å². The number of methoxy groups -OCH3 is 1. The van der Waals surface area contributed by atoms with Crippen LogP contribution in [0.25, 0.3) is 0 Å². The summed E-state index contributed by atoms with van der Waals surface area (Å²) in [6, 6.07) is 16.4. The zero-order chi connectivity index (χ0) is 23.9. The molecule has 2 heterocycles. The van der Waals surface area contributed by atoms with Crippen LogP contribution in [0, 0.1) is 0 Å². The molecule has 0 aromatic heterocycles. The molecule has 9 nitrogen and oxygen atoms in total. The molecule has 1 unspecified atom stereocenters. The Labute approximate surface area is 199 Å². The maximum atomic E-state index is 13.1. The molecule has 1 atom stereocenters. The van der Waals surface area contributed by atoms with Crippen molar-refractivity contribution in [2.75, 3.05) is 63.1 Å². The van der Waals surface area contributed by atoms with E-state index in [1.54, 1.807) is 36.3 Å². The minimum atomic E-state index is -0.815. The number of rotatable bonds is 7. The molecule has 2 aliphatic heterocycles. The van der Waals surface area contributed by atoms with Gasteiger partial charge in [-0.15, -0.1) is 0 Å². The Morgan fingerprint density at radius 1 is 1.00 bits per heavy atom. The van der Waals surface area contributed by atoms with E-state index < -0.39 is 6.04 Å². The topological polar surface area (TPSA) is 94.2 Å². The van der Waals surface area contributed by atoms with Crippen molar-refractivity contribution < 1.29 is 19.1 Å². The molecular formula is C25H31N5O4. The number of anilines is 2. The molecule has 0 aliphatic carbocycles. The summed E-state index contributed by atoms with van der Waals surface area (Å²) in [5.74, 6) is -0.0452. The Kier molecular flexibility index (Phi) is 7.64. The lowest BCUT2D eigenvalue weighted by Crippen LogP contribution is -2.60. The molecule has 180 valence electrons. The molecule has 3 amide bonds. The van der Waals surface area contributed by atoms with Gasteiger partial charge in [0, 0.05) is 50.6 Å². The summed E-state index contributed by atoms with van der Waals surface area (Å²) in [6.45, 7) is 4.24. The molecule has 0 spiro atoms. The van der Waals surface area contributed by atoms with Crippen LogP contribution in [-0.2, 0) is 14.4 Å². The van der Waals surface area contributed by atoms with Gasteiger partial charge in [0.2, 0.25) is 17.7 Å². The van der Waals surface area contributed by atoms with Crippen molar-refractivity contribution in [1.29, 1.82) is 0 Å². The van der Waals surface area contributed by atoms with Crippen molar-refractivity contribution >= 4 is 29.1 Å². The van der Waals surface area contributed by atoms with Crippen LogP contribution in [0.2, 0.25) is 0 Å². The van der Waals surface area contributed by atoms with Gasteiger partial charge >= 0.3 is 0 Å². The number of hydrogen-bond acceptors (Lipinski definition) is 6. The van der Waals surface area contributed by atoms with E-state index in [1.165, 1.54) is 5.69 Å². The third kappa shape index (κ3) is 5.85. The molecule has 0 bridgehead atoms. The number of amides is 3. The van der Waals surface area contributed by atoms with Crippen molar-refractivity contribution in [3.63, 3.8) is 0 Å². The van der Waals surface area contributed by atoms with Crippen LogP contribution in [0.4, 0.5) is 11.4 Å². The van der Waals surface area contributed by atoms with Crippen LogP contribution in [0.5, 0.6) is 5.75 Å². The fraction of sp³-hybridized carbons (Fsp3) is 0.400. The lowest BCUT2D eigenvalue weighted by atomic mass is 10.1. The lowest BCUT2D eigenvalue weighted by molar-refractivity contribution is -0.145. The number of nitrogens with zero attached hydrogens (tertiary/aromatic N) is 3. The predicted octanol–water partition coefficient (Wildman–Crippen LogP) is 1.17. The number of para-hydroxylation sites is 1. The van der Waals surface area contributed by atoms with Gasteiger partial charge < -0.3 is 25.2 Å². The third-order valence-corrected chi connectivity index (χ3v) is 6.26. The Morgan fingerprint density at radius 3 is 2.38 bits per heavy atom. The monoisotopic (exact) mass is 465 g/mol. The van der Waals surface area contributed by atoms with Gasteiger partial charge in [-0.25, -0.2) is 0 Å². The van der Waals surface area contributed by atoms with Gasteiger partial charge in [-0.2, -0.15) is 0 Å². The van der Waals surface area contributed by atoms with E-state index in [1.807, 2.05) is 18.2 Å². The highest BCUT2D eigenvalue weighted by molar-refractivity contribution is 5.97. The van der Waals surface area contributed by atoms with E-state index in [0.717, 1.165) is 26.2 Å². The molecular weight excluding hydrogens is 434 g/mol. The number of benzene rings is 2. The number of hydrogen-bond donors (Lipinski definition) is 2. The molecule has 2 N–H and O–H groups in total. The first kappa shape index (κ1) is 23.6. The van der Waals surface area contributed by atoms with E-state index in [4.69, 9.17) is 4.74 Å². The second-order valence-electron chi connectivity index (χ2n) is 8.47. The third-order valence-electron chi connectivity index (χ3n) is 6.26. The van der Waals surface area contributed by atoms with Crippen LogP contribution >= 0.6 is 0 Å². The largest absolute Gasteiger partial charge is 0.497 e. The van der Waals surface area contributed by atoms with Crippen molar-refractivity contribution in [2.45, 2.75) is 12.5 Å². The number of carbonyl (C=O) groups is 3. The van der Waals surface area contributed by atoms with Crippen LogP contribution < -0.4 is 20.3 Å².